The highest BCUT2D eigenvalue weighted by atomic mass is 32.1. The molecular formula is C20H26N4O2S. The maximum Gasteiger partial charge on any atom is 0.286 e. The number of hydrogen-bond donors (Lipinski definition) is 1. The predicted molar refractivity (Wildman–Crippen MR) is 107 cm³/mol. The van der Waals surface area contributed by atoms with Gasteiger partial charge in [0.2, 0.25) is 10.9 Å². The number of rotatable bonds is 5. The van der Waals surface area contributed by atoms with Crippen LogP contribution in [-0.2, 0) is 4.79 Å². The SMILES string of the molecule is Cc1ccc(NC(=O)c2nnc([C@@H]3CCCN(C(=O)CC(C)C)C3)s2)cc1. The molecular weight excluding hydrogens is 360 g/mol. The lowest BCUT2D eigenvalue weighted by Crippen LogP contribution is -2.39. The number of amides is 2. The Labute approximate surface area is 164 Å². The molecule has 2 aromatic rings. The fourth-order valence-corrected chi connectivity index (χ4v) is 4.06. The summed E-state index contributed by atoms with van der Waals surface area (Å²) in [7, 11) is 0. The molecule has 7 heteroatoms. The van der Waals surface area contributed by atoms with E-state index in [1.165, 1.54) is 11.3 Å². The second-order valence-electron chi connectivity index (χ2n) is 7.54. The van der Waals surface area contributed by atoms with E-state index >= 15 is 0 Å². The fourth-order valence-electron chi connectivity index (χ4n) is 3.20. The van der Waals surface area contributed by atoms with Crippen molar-refractivity contribution in [1.82, 2.24) is 15.1 Å². The average molecular weight is 387 g/mol. The fraction of sp³-hybridized carbons (Fsp3) is 0.500. The third kappa shape index (κ3) is 5.13. The van der Waals surface area contributed by atoms with Crippen molar-refractivity contribution in [3.05, 3.63) is 39.8 Å². The molecule has 1 N–H and O–H groups in total. The van der Waals surface area contributed by atoms with Crippen LogP contribution in [0.2, 0.25) is 0 Å². The van der Waals surface area contributed by atoms with Crippen LogP contribution < -0.4 is 5.32 Å². The van der Waals surface area contributed by atoms with Crippen LogP contribution in [0.4, 0.5) is 5.69 Å². The highest BCUT2D eigenvalue weighted by molar-refractivity contribution is 7.13. The summed E-state index contributed by atoms with van der Waals surface area (Å²) in [6.45, 7) is 7.59. The standard InChI is InChI=1S/C20H26N4O2S/c1-13(2)11-17(25)24-10-4-5-15(12-24)19-22-23-20(27-19)18(26)21-16-8-6-14(3)7-9-16/h6-9,13,15H,4-5,10-12H2,1-3H3,(H,21,26)/t15-/m1/s1. The first kappa shape index (κ1) is 19.5. The first-order chi connectivity index (χ1) is 12.9. The number of benzene rings is 1. The van der Waals surface area contributed by atoms with Crippen molar-refractivity contribution in [3.63, 3.8) is 0 Å². The van der Waals surface area contributed by atoms with E-state index in [4.69, 9.17) is 0 Å². The molecule has 0 spiro atoms. The summed E-state index contributed by atoms with van der Waals surface area (Å²) in [5, 5.41) is 12.4. The van der Waals surface area contributed by atoms with Gasteiger partial charge in [0.15, 0.2) is 0 Å². The van der Waals surface area contributed by atoms with Gasteiger partial charge in [0.1, 0.15) is 5.01 Å². The van der Waals surface area contributed by atoms with Gasteiger partial charge in [0.25, 0.3) is 5.91 Å². The number of anilines is 1. The Morgan fingerprint density at radius 3 is 2.70 bits per heavy atom. The van der Waals surface area contributed by atoms with Gasteiger partial charge >= 0.3 is 0 Å². The van der Waals surface area contributed by atoms with Crippen molar-refractivity contribution in [2.45, 2.75) is 46.0 Å². The van der Waals surface area contributed by atoms with Crippen molar-refractivity contribution in [2.75, 3.05) is 18.4 Å². The number of hydrogen-bond acceptors (Lipinski definition) is 5. The number of likely N-dealkylation sites (tertiary alicyclic amines) is 1. The maximum atomic E-state index is 12.4. The zero-order valence-corrected chi connectivity index (χ0v) is 16.9. The summed E-state index contributed by atoms with van der Waals surface area (Å²) in [5.41, 5.74) is 1.88. The van der Waals surface area contributed by atoms with Crippen molar-refractivity contribution >= 4 is 28.8 Å². The molecule has 2 heterocycles. The Kier molecular flexibility index (Phi) is 6.21. The maximum absolute atomic E-state index is 12.4. The van der Waals surface area contributed by atoms with Crippen LogP contribution in [0.5, 0.6) is 0 Å². The lowest BCUT2D eigenvalue weighted by Gasteiger charge is -2.32. The van der Waals surface area contributed by atoms with Gasteiger partial charge in [0.05, 0.1) is 0 Å². The van der Waals surface area contributed by atoms with E-state index in [0.29, 0.717) is 23.9 Å². The third-order valence-corrected chi connectivity index (χ3v) is 5.74. The molecule has 1 aromatic carbocycles. The van der Waals surface area contributed by atoms with E-state index in [1.807, 2.05) is 36.1 Å². The predicted octanol–water partition coefficient (Wildman–Crippen LogP) is 3.85. The number of nitrogens with one attached hydrogen (secondary N) is 1. The largest absolute Gasteiger partial charge is 0.342 e. The molecule has 1 aliphatic heterocycles. The van der Waals surface area contributed by atoms with E-state index in [9.17, 15) is 9.59 Å². The summed E-state index contributed by atoms with van der Waals surface area (Å²) in [6.07, 6.45) is 2.51. The average Bonchev–Trinajstić information content (AvgIpc) is 3.13. The monoisotopic (exact) mass is 386 g/mol. The van der Waals surface area contributed by atoms with Gasteiger partial charge in [-0.15, -0.1) is 10.2 Å². The lowest BCUT2D eigenvalue weighted by molar-refractivity contribution is -0.133. The third-order valence-electron chi connectivity index (χ3n) is 4.65. The molecule has 1 aromatic heterocycles. The molecule has 6 nitrogen and oxygen atoms in total. The Balaban J connectivity index is 1.63. The van der Waals surface area contributed by atoms with Crippen LogP contribution >= 0.6 is 11.3 Å². The summed E-state index contributed by atoms with van der Waals surface area (Å²) >= 11 is 1.33. The van der Waals surface area contributed by atoms with Crippen LogP contribution in [0.1, 0.15) is 59.4 Å². The van der Waals surface area contributed by atoms with E-state index in [0.717, 1.165) is 35.6 Å². The van der Waals surface area contributed by atoms with Gasteiger partial charge in [-0.25, -0.2) is 0 Å². The molecule has 27 heavy (non-hydrogen) atoms. The minimum Gasteiger partial charge on any atom is -0.342 e. The second kappa shape index (κ2) is 8.61. The molecule has 3 rings (SSSR count). The van der Waals surface area contributed by atoms with Crippen LogP contribution in [0.15, 0.2) is 24.3 Å². The number of aromatic nitrogens is 2. The Morgan fingerprint density at radius 1 is 1.26 bits per heavy atom. The van der Waals surface area contributed by atoms with Crippen LogP contribution in [-0.4, -0.2) is 40.0 Å². The van der Waals surface area contributed by atoms with Crippen LogP contribution in [0, 0.1) is 12.8 Å². The number of carbonyl (C=O) groups excluding carboxylic acids is 2. The van der Waals surface area contributed by atoms with E-state index in [-0.39, 0.29) is 17.7 Å². The molecule has 1 atom stereocenters. The minimum absolute atomic E-state index is 0.160. The Morgan fingerprint density at radius 2 is 2.00 bits per heavy atom. The minimum atomic E-state index is -0.244. The number of piperidine rings is 1. The Hall–Kier alpha value is -2.28. The number of carbonyl (C=O) groups is 2. The topological polar surface area (TPSA) is 75.2 Å². The summed E-state index contributed by atoms with van der Waals surface area (Å²) < 4.78 is 0. The lowest BCUT2D eigenvalue weighted by atomic mass is 9.98. The van der Waals surface area contributed by atoms with Gasteiger partial charge < -0.3 is 10.2 Å². The molecule has 1 saturated heterocycles. The molecule has 0 bridgehead atoms. The molecule has 0 saturated carbocycles. The van der Waals surface area contributed by atoms with Crippen molar-refractivity contribution < 1.29 is 9.59 Å². The van der Waals surface area contributed by atoms with Gasteiger partial charge in [0, 0.05) is 31.1 Å². The van der Waals surface area contributed by atoms with Gasteiger partial charge in [-0.1, -0.05) is 42.9 Å². The highest BCUT2D eigenvalue weighted by Gasteiger charge is 2.28. The molecule has 1 fully saturated rings. The Bertz CT molecular complexity index is 801. The summed E-state index contributed by atoms with van der Waals surface area (Å²) in [6, 6.07) is 7.64. The smallest absolute Gasteiger partial charge is 0.286 e. The van der Waals surface area contributed by atoms with E-state index in [2.05, 4.69) is 29.4 Å². The molecule has 0 aliphatic carbocycles. The number of aryl methyl sites for hydroxylation is 1. The zero-order valence-electron chi connectivity index (χ0n) is 16.1. The van der Waals surface area contributed by atoms with Gasteiger partial charge in [-0.3, -0.25) is 9.59 Å². The van der Waals surface area contributed by atoms with Crippen LogP contribution in [0.3, 0.4) is 0 Å². The highest BCUT2D eigenvalue weighted by Crippen LogP contribution is 2.30. The normalized spacial score (nSPS) is 17.2. The molecule has 1 aliphatic rings. The number of nitrogens with zero attached hydrogens (tertiary/aromatic N) is 3. The first-order valence-corrected chi connectivity index (χ1v) is 10.2. The van der Waals surface area contributed by atoms with E-state index in [1.54, 1.807) is 0 Å². The van der Waals surface area contributed by atoms with Gasteiger partial charge in [-0.05, 0) is 37.8 Å². The molecule has 0 unspecified atom stereocenters. The van der Waals surface area contributed by atoms with Crippen molar-refractivity contribution in [1.29, 1.82) is 0 Å². The first-order valence-electron chi connectivity index (χ1n) is 9.41. The van der Waals surface area contributed by atoms with Gasteiger partial charge in [-0.2, -0.15) is 0 Å². The van der Waals surface area contributed by atoms with Crippen molar-refractivity contribution in [2.24, 2.45) is 5.92 Å². The molecule has 2 amide bonds. The van der Waals surface area contributed by atoms with Crippen molar-refractivity contribution in [3.8, 4) is 0 Å². The van der Waals surface area contributed by atoms with E-state index < -0.39 is 0 Å². The summed E-state index contributed by atoms with van der Waals surface area (Å²) in [4.78, 5) is 26.7. The molecule has 0 radical (unpaired) electrons. The quantitative estimate of drug-likeness (QED) is 0.847. The molecule has 144 valence electrons. The summed E-state index contributed by atoms with van der Waals surface area (Å²) in [5.74, 6) is 0.479. The zero-order chi connectivity index (χ0) is 19.4. The second-order valence-corrected chi connectivity index (χ2v) is 8.55. The van der Waals surface area contributed by atoms with Crippen LogP contribution in [0.25, 0.3) is 0 Å².